The van der Waals surface area contributed by atoms with Crippen LogP contribution in [0.2, 0.25) is 0 Å². The van der Waals surface area contributed by atoms with Crippen LogP contribution in [0, 0.1) is 0 Å². The van der Waals surface area contributed by atoms with E-state index >= 15 is 0 Å². The third-order valence-electron chi connectivity index (χ3n) is 3.19. The number of benzene rings is 1. The molecule has 6 nitrogen and oxygen atoms in total. The average Bonchev–Trinajstić information content (AvgIpc) is 3.00. The van der Waals surface area contributed by atoms with Gasteiger partial charge >= 0.3 is 6.09 Å². The third-order valence-corrected chi connectivity index (χ3v) is 3.19. The second-order valence-electron chi connectivity index (χ2n) is 6.49. The number of carbonyl (C=O) groups is 2. The number of furan rings is 1. The Kier molecular flexibility index (Phi) is 5.28. The Bertz CT molecular complexity index is 685. The van der Waals surface area contributed by atoms with E-state index in [1.807, 2.05) is 12.1 Å². The Morgan fingerprint density at radius 1 is 1.21 bits per heavy atom. The number of nitrogen functional groups attached to an aromatic ring is 1. The minimum Gasteiger partial charge on any atom is -0.461 e. The highest BCUT2D eigenvalue weighted by atomic mass is 16.6. The van der Waals surface area contributed by atoms with Crippen LogP contribution >= 0.6 is 0 Å². The van der Waals surface area contributed by atoms with Crippen LogP contribution in [0.4, 0.5) is 10.5 Å². The molecule has 0 saturated carbocycles. The number of anilines is 1. The summed E-state index contributed by atoms with van der Waals surface area (Å²) in [6.45, 7) is 5.28. The molecule has 1 heterocycles. The van der Waals surface area contributed by atoms with Crippen molar-refractivity contribution >= 4 is 17.6 Å². The summed E-state index contributed by atoms with van der Waals surface area (Å²) in [7, 11) is 0. The molecular formula is C18H22N2O4. The van der Waals surface area contributed by atoms with Gasteiger partial charge in [-0.1, -0.05) is 12.1 Å². The first-order valence-corrected chi connectivity index (χ1v) is 7.66. The summed E-state index contributed by atoms with van der Waals surface area (Å²) in [5.41, 5.74) is 6.52. The highest BCUT2D eigenvalue weighted by Gasteiger charge is 2.27. The second kappa shape index (κ2) is 7.21. The van der Waals surface area contributed by atoms with Gasteiger partial charge in [0.15, 0.2) is 5.76 Å². The maximum atomic E-state index is 12.6. The lowest BCUT2D eigenvalue weighted by Gasteiger charge is -2.23. The fraction of sp³-hybridized carbons (Fsp3) is 0.333. The quantitative estimate of drug-likeness (QED) is 0.648. The molecule has 6 heteroatoms. The summed E-state index contributed by atoms with van der Waals surface area (Å²) in [6.07, 6.45) is 1.07. The molecule has 0 spiro atoms. The number of alkyl carbamates (subject to hydrolysis) is 1. The number of hydrogen-bond donors (Lipinski definition) is 2. The molecule has 0 saturated heterocycles. The van der Waals surface area contributed by atoms with Crippen LogP contribution in [0.5, 0.6) is 0 Å². The summed E-state index contributed by atoms with van der Waals surface area (Å²) in [5, 5.41) is 2.62. The average molecular weight is 330 g/mol. The zero-order valence-electron chi connectivity index (χ0n) is 14.0. The molecule has 24 heavy (non-hydrogen) atoms. The molecule has 1 aromatic carbocycles. The molecule has 0 bridgehead atoms. The second-order valence-corrected chi connectivity index (χ2v) is 6.49. The number of amides is 1. The van der Waals surface area contributed by atoms with Crippen LogP contribution in [0.25, 0.3) is 0 Å². The fourth-order valence-corrected chi connectivity index (χ4v) is 2.14. The molecule has 0 unspecified atom stereocenters. The van der Waals surface area contributed by atoms with Gasteiger partial charge < -0.3 is 20.2 Å². The summed E-state index contributed by atoms with van der Waals surface area (Å²) in [6, 6.07) is 9.52. The standard InChI is InChI=1S/C18H22N2O4/c1-18(2,3)24-17(22)20-14(16(21)15-5-4-10-23-15)11-12-6-8-13(19)9-7-12/h4-10,14H,11,19H2,1-3H3,(H,20,22)/t14-/m0/s1. The molecule has 0 radical (unpaired) electrons. The van der Waals surface area contributed by atoms with Crippen molar-refractivity contribution in [3.8, 4) is 0 Å². The minimum absolute atomic E-state index is 0.187. The number of hydrogen-bond acceptors (Lipinski definition) is 5. The SMILES string of the molecule is CC(C)(C)OC(=O)N[C@@H](Cc1ccc(N)cc1)C(=O)c1ccco1. The van der Waals surface area contributed by atoms with Crippen LogP contribution in [0.15, 0.2) is 47.1 Å². The zero-order valence-corrected chi connectivity index (χ0v) is 14.0. The number of carbonyl (C=O) groups excluding carboxylic acids is 2. The Morgan fingerprint density at radius 2 is 1.88 bits per heavy atom. The monoisotopic (exact) mass is 330 g/mol. The van der Waals surface area contributed by atoms with Crippen LogP contribution in [-0.4, -0.2) is 23.5 Å². The van der Waals surface area contributed by atoms with E-state index in [0.29, 0.717) is 12.1 Å². The van der Waals surface area contributed by atoms with Crippen molar-refractivity contribution in [3.05, 3.63) is 54.0 Å². The minimum atomic E-state index is -0.797. The Morgan fingerprint density at radius 3 is 2.42 bits per heavy atom. The van der Waals surface area contributed by atoms with E-state index in [-0.39, 0.29) is 11.5 Å². The molecule has 1 atom stereocenters. The van der Waals surface area contributed by atoms with Crippen LogP contribution in [-0.2, 0) is 11.2 Å². The van der Waals surface area contributed by atoms with E-state index in [2.05, 4.69) is 5.32 Å². The largest absolute Gasteiger partial charge is 0.461 e. The number of ether oxygens (including phenoxy) is 1. The van der Waals surface area contributed by atoms with Gasteiger partial charge in [0.1, 0.15) is 11.6 Å². The maximum absolute atomic E-state index is 12.6. The van der Waals surface area contributed by atoms with Gasteiger partial charge in [-0.15, -0.1) is 0 Å². The van der Waals surface area contributed by atoms with Gasteiger partial charge in [-0.3, -0.25) is 4.79 Å². The molecule has 2 aromatic rings. The Labute approximate surface area is 141 Å². The van der Waals surface area contributed by atoms with E-state index in [9.17, 15) is 9.59 Å². The van der Waals surface area contributed by atoms with Gasteiger partial charge in [0.05, 0.1) is 6.26 Å². The van der Waals surface area contributed by atoms with E-state index in [0.717, 1.165) is 5.56 Å². The van der Waals surface area contributed by atoms with Crippen LogP contribution in [0.3, 0.4) is 0 Å². The number of nitrogens with two attached hydrogens (primary N) is 1. The number of rotatable bonds is 5. The molecule has 0 fully saturated rings. The number of nitrogens with one attached hydrogen (secondary N) is 1. The molecular weight excluding hydrogens is 308 g/mol. The molecule has 1 amide bonds. The predicted octanol–water partition coefficient (Wildman–Crippen LogP) is 3.18. The van der Waals surface area contributed by atoms with Gasteiger partial charge in [-0.05, 0) is 50.6 Å². The van der Waals surface area contributed by atoms with E-state index < -0.39 is 17.7 Å². The lowest BCUT2D eigenvalue weighted by atomic mass is 10.0. The molecule has 0 aliphatic carbocycles. The smallest absolute Gasteiger partial charge is 0.408 e. The normalized spacial score (nSPS) is 12.5. The number of Topliss-reactive ketones (excluding diaryl/α,β-unsaturated/α-hetero) is 1. The van der Waals surface area contributed by atoms with Crippen LogP contribution in [0.1, 0.15) is 36.9 Å². The zero-order chi connectivity index (χ0) is 17.7. The lowest BCUT2D eigenvalue weighted by molar-refractivity contribution is 0.0489. The van der Waals surface area contributed by atoms with Gasteiger partial charge in [0, 0.05) is 12.1 Å². The topological polar surface area (TPSA) is 94.6 Å². The first-order valence-electron chi connectivity index (χ1n) is 7.66. The molecule has 0 aliphatic heterocycles. The van der Waals surface area contributed by atoms with E-state index in [4.69, 9.17) is 14.9 Å². The Balaban J connectivity index is 2.16. The van der Waals surface area contributed by atoms with Gasteiger partial charge in [-0.25, -0.2) is 4.79 Å². The first-order chi connectivity index (χ1) is 11.2. The molecule has 3 N–H and O–H groups in total. The van der Waals surface area contributed by atoms with Crippen molar-refractivity contribution in [2.45, 2.75) is 38.8 Å². The van der Waals surface area contributed by atoms with E-state index in [1.165, 1.54) is 6.26 Å². The van der Waals surface area contributed by atoms with Gasteiger partial charge in [-0.2, -0.15) is 0 Å². The van der Waals surface area contributed by atoms with Crippen molar-refractivity contribution in [3.63, 3.8) is 0 Å². The van der Waals surface area contributed by atoms with Crippen LogP contribution < -0.4 is 11.1 Å². The van der Waals surface area contributed by atoms with Gasteiger partial charge in [0.2, 0.25) is 5.78 Å². The van der Waals surface area contributed by atoms with Crippen molar-refractivity contribution in [2.75, 3.05) is 5.73 Å². The first kappa shape index (κ1) is 17.6. The van der Waals surface area contributed by atoms with E-state index in [1.54, 1.807) is 45.0 Å². The lowest BCUT2D eigenvalue weighted by Crippen LogP contribution is -2.44. The van der Waals surface area contributed by atoms with Crippen molar-refractivity contribution in [2.24, 2.45) is 0 Å². The van der Waals surface area contributed by atoms with Crippen molar-refractivity contribution < 1.29 is 18.7 Å². The summed E-state index contributed by atoms with van der Waals surface area (Å²) in [5.74, 6) is -0.130. The fourth-order valence-electron chi connectivity index (χ4n) is 2.14. The van der Waals surface area contributed by atoms with Crippen molar-refractivity contribution in [1.29, 1.82) is 0 Å². The highest BCUT2D eigenvalue weighted by molar-refractivity contribution is 5.99. The summed E-state index contributed by atoms with van der Waals surface area (Å²) < 4.78 is 10.4. The Hall–Kier alpha value is -2.76. The maximum Gasteiger partial charge on any atom is 0.408 e. The molecule has 128 valence electrons. The van der Waals surface area contributed by atoms with Gasteiger partial charge in [0.25, 0.3) is 0 Å². The van der Waals surface area contributed by atoms with Crippen molar-refractivity contribution in [1.82, 2.24) is 5.32 Å². The number of ketones is 1. The molecule has 1 aromatic heterocycles. The third kappa shape index (κ3) is 5.15. The summed E-state index contributed by atoms with van der Waals surface area (Å²) >= 11 is 0. The molecule has 2 rings (SSSR count). The predicted molar refractivity (Wildman–Crippen MR) is 90.8 cm³/mol. The summed E-state index contributed by atoms with van der Waals surface area (Å²) in [4.78, 5) is 24.6. The molecule has 0 aliphatic rings. The highest BCUT2D eigenvalue weighted by Crippen LogP contribution is 2.13.